The third kappa shape index (κ3) is 2.57. The summed E-state index contributed by atoms with van der Waals surface area (Å²) in [6.07, 6.45) is 1.75. The molecule has 4 nitrogen and oxygen atoms in total. The lowest BCUT2D eigenvalue weighted by Crippen LogP contribution is -2.17. The van der Waals surface area contributed by atoms with E-state index in [0.717, 1.165) is 0 Å². The molecule has 0 aliphatic carbocycles. The van der Waals surface area contributed by atoms with Gasteiger partial charge in [-0.3, -0.25) is 4.79 Å². The summed E-state index contributed by atoms with van der Waals surface area (Å²) in [5.74, 6) is -0.738. The van der Waals surface area contributed by atoms with Crippen molar-refractivity contribution in [1.82, 2.24) is 0 Å². The first kappa shape index (κ1) is 9.77. The second-order valence-electron chi connectivity index (χ2n) is 2.84. The Hall–Kier alpha value is -1.32. The fraction of sp³-hybridized carbons (Fsp3) is 0.556. The van der Waals surface area contributed by atoms with Gasteiger partial charge in [-0.25, -0.2) is 4.79 Å². The number of carbonyl (C=O) groups is 2. The monoisotopic (exact) mass is 184 g/mol. The van der Waals surface area contributed by atoms with E-state index in [4.69, 9.17) is 9.47 Å². The molecule has 4 heteroatoms. The summed E-state index contributed by atoms with van der Waals surface area (Å²) < 4.78 is 9.60. The molecule has 0 N–H and O–H groups in total. The number of esters is 2. The highest BCUT2D eigenvalue weighted by Crippen LogP contribution is 2.15. The minimum atomic E-state index is -0.685. The van der Waals surface area contributed by atoms with E-state index >= 15 is 0 Å². The molecule has 1 atom stereocenters. The lowest BCUT2D eigenvalue weighted by molar-refractivity contribution is -0.173. The molecule has 0 aromatic heterocycles. The summed E-state index contributed by atoms with van der Waals surface area (Å²) in [6.45, 7) is 3.40. The second kappa shape index (κ2) is 4.07. The van der Waals surface area contributed by atoms with E-state index in [-0.39, 0.29) is 5.97 Å². The van der Waals surface area contributed by atoms with Crippen LogP contribution >= 0.6 is 0 Å². The Bertz CT molecular complexity index is 254. The highest BCUT2D eigenvalue weighted by atomic mass is 16.7. The Morgan fingerprint density at radius 1 is 1.69 bits per heavy atom. The first-order valence-electron chi connectivity index (χ1n) is 4.17. The van der Waals surface area contributed by atoms with E-state index in [9.17, 15) is 9.59 Å². The maximum absolute atomic E-state index is 11.2. The number of allylic oxidation sites excluding steroid dienone is 1. The summed E-state index contributed by atoms with van der Waals surface area (Å²) in [6, 6.07) is 0. The molecule has 1 saturated heterocycles. The molecule has 1 rings (SSSR count). The zero-order valence-corrected chi connectivity index (χ0v) is 7.70. The Balaban J connectivity index is 2.41. The molecule has 0 radical (unpaired) electrons. The van der Waals surface area contributed by atoms with Crippen molar-refractivity contribution in [3.8, 4) is 0 Å². The highest BCUT2D eigenvalue weighted by Gasteiger charge is 2.26. The van der Waals surface area contributed by atoms with Crippen LogP contribution in [0.4, 0.5) is 0 Å². The van der Waals surface area contributed by atoms with E-state index < -0.39 is 12.3 Å². The van der Waals surface area contributed by atoms with Crippen LogP contribution in [0.25, 0.3) is 0 Å². The molecule has 72 valence electrons. The van der Waals surface area contributed by atoms with Crippen LogP contribution in [0, 0.1) is 0 Å². The molecule has 0 spiro atoms. The van der Waals surface area contributed by atoms with Crippen molar-refractivity contribution < 1.29 is 19.1 Å². The summed E-state index contributed by atoms with van der Waals surface area (Å²) in [5, 5.41) is 0. The molecule has 1 aliphatic heterocycles. The van der Waals surface area contributed by atoms with E-state index in [1.165, 1.54) is 0 Å². The Kier molecular flexibility index (Phi) is 3.06. The topological polar surface area (TPSA) is 52.6 Å². The van der Waals surface area contributed by atoms with E-state index in [0.29, 0.717) is 18.4 Å². The maximum Gasteiger partial charge on any atom is 0.336 e. The van der Waals surface area contributed by atoms with Crippen molar-refractivity contribution in [2.45, 2.75) is 33.0 Å². The van der Waals surface area contributed by atoms with Gasteiger partial charge in [0.1, 0.15) is 0 Å². The molecule has 1 fully saturated rings. The number of cyclic esters (lactones) is 1. The maximum atomic E-state index is 11.2. The highest BCUT2D eigenvalue weighted by molar-refractivity contribution is 5.87. The molecule has 0 bridgehead atoms. The number of carbonyl (C=O) groups excluding carboxylic acids is 2. The van der Waals surface area contributed by atoms with Gasteiger partial charge in [-0.15, -0.1) is 0 Å². The van der Waals surface area contributed by atoms with E-state index in [1.807, 2.05) is 0 Å². The molecule has 0 saturated carbocycles. The standard InChI is InChI=1S/C9H12O4/c1-3-6(2)9(11)13-8-5-4-7(10)12-8/h3,8H,4-5H2,1-2H3. The average molecular weight is 184 g/mol. The second-order valence-corrected chi connectivity index (χ2v) is 2.84. The molecular weight excluding hydrogens is 172 g/mol. The van der Waals surface area contributed by atoms with Crippen molar-refractivity contribution in [2.75, 3.05) is 0 Å². The predicted octanol–water partition coefficient (Wildman–Crippen LogP) is 1.16. The minimum Gasteiger partial charge on any atom is -0.425 e. The van der Waals surface area contributed by atoms with Gasteiger partial charge < -0.3 is 9.47 Å². The SMILES string of the molecule is CC=C(C)C(=O)OC1CCC(=O)O1. The summed E-state index contributed by atoms with van der Waals surface area (Å²) in [5.41, 5.74) is 0.517. The summed E-state index contributed by atoms with van der Waals surface area (Å²) in [4.78, 5) is 21.8. The van der Waals surface area contributed by atoms with Crippen LogP contribution in [0.1, 0.15) is 26.7 Å². The molecule has 13 heavy (non-hydrogen) atoms. The van der Waals surface area contributed by atoms with Crippen LogP contribution < -0.4 is 0 Å². The number of ether oxygens (including phenoxy) is 2. The Labute approximate surface area is 76.5 Å². The third-order valence-electron chi connectivity index (χ3n) is 1.84. The van der Waals surface area contributed by atoms with Crippen molar-refractivity contribution in [3.05, 3.63) is 11.6 Å². The molecular formula is C9H12O4. The molecule has 1 heterocycles. The van der Waals surface area contributed by atoms with Crippen LogP contribution in [0.15, 0.2) is 11.6 Å². The predicted molar refractivity (Wildman–Crippen MR) is 44.6 cm³/mol. The van der Waals surface area contributed by atoms with Gasteiger partial charge in [-0.1, -0.05) is 6.08 Å². The summed E-state index contributed by atoms with van der Waals surface area (Å²) >= 11 is 0. The number of hydrogen-bond acceptors (Lipinski definition) is 4. The zero-order valence-electron chi connectivity index (χ0n) is 7.70. The van der Waals surface area contributed by atoms with Gasteiger partial charge in [0.25, 0.3) is 0 Å². The van der Waals surface area contributed by atoms with Crippen molar-refractivity contribution in [3.63, 3.8) is 0 Å². The van der Waals surface area contributed by atoms with Gasteiger partial charge in [-0.2, -0.15) is 0 Å². The van der Waals surface area contributed by atoms with Crippen LogP contribution in [0.3, 0.4) is 0 Å². The first-order valence-corrected chi connectivity index (χ1v) is 4.17. The molecule has 0 aromatic carbocycles. The molecule has 1 aliphatic rings. The normalized spacial score (nSPS) is 22.8. The first-order chi connectivity index (χ1) is 6.13. The average Bonchev–Trinajstić information content (AvgIpc) is 2.49. The third-order valence-corrected chi connectivity index (χ3v) is 1.84. The molecule has 1 unspecified atom stereocenters. The largest absolute Gasteiger partial charge is 0.425 e. The van der Waals surface area contributed by atoms with Crippen LogP contribution in [-0.2, 0) is 19.1 Å². The van der Waals surface area contributed by atoms with Gasteiger partial charge in [0, 0.05) is 12.0 Å². The quantitative estimate of drug-likeness (QED) is 0.477. The van der Waals surface area contributed by atoms with E-state index in [2.05, 4.69) is 0 Å². The fourth-order valence-corrected chi connectivity index (χ4v) is 0.913. The van der Waals surface area contributed by atoms with Crippen molar-refractivity contribution >= 4 is 11.9 Å². The van der Waals surface area contributed by atoms with Gasteiger partial charge in [-0.05, 0) is 13.8 Å². The smallest absolute Gasteiger partial charge is 0.336 e. The lowest BCUT2D eigenvalue weighted by atomic mass is 10.3. The molecule has 0 aromatic rings. The van der Waals surface area contributed by atoms with E-state index in [1.54, 1.807) is 19.9 Å². The summed E-state index contributed by atoms with van der Waals surface area (Å²) in [7, 11) is 0. The zero-order chi connectivity index (χ0) is 9.84. The lowest BCUT2D eigenvalue weighted by Gasteiger charge is -2.10. The van der Waals surface area contributed by atoms with Gasteiger partial charge in [0.2, 0.25) is 6.29 Å². The molecule has 0 amide bonds. The van der Waals surface area contributed by atoms with Gasteiger partial charge in [0.15, 0.2) is 0 Å². The Morgan fingerprint density at radius 2 is 2.38 bits per heavy atom. The Morgan fingerprint density at radius 3 is 2.85 bits per heavy atom. The fourth-order valence-electron chi connectivity index (χ4n) is 0.913. The number of rotatable bonds is 2. The van der Waals surface area contributed by atoms with Gasteiger partial charge in [0.05, 0.1) is 6.42 Å². The number of hydrogen-bond donors (Lipinski definition) is 0. The van der Waals surface area contributed by atoms with Gasteiger partial charge >= 0.3 is 11.9 Å². The van der Waals surface area contributed by atoms with Crippen molar-refractivity contribution in [1.29, 1.82) is 0 Å². The van der Waals surface area contributed by atoms with Crippen LogP contribution in [0.2, 0.25) is 0 Å². The van der Waals surface area contributed by atoms with Crippen LogP contribution in [0.5, 0.6) is 0 Å². The van der Waals surface area contributed by atoms with Crippen LogP contribution in [-0.4, -0.2) is 18.2 Å². The minimum absolute atomic E-state index is 0.309. The van der Waals surface area contributed by atoms with Crippen molar-refractivity contribution in [2.24, 2.45) is 0 Å².